The monoisotopic (exact) mass is 191 g/mol. The number of ether oxygens (including phenoxy) is 1. The van der Waals surface area contributed by atoms with Crippen molar-refractivity contribution in [2.24, 2.45) is 0 Å². The molecule has 1 rings (SSSR count). The molecule has 2 heteroatoms. The maximum absolute atomic E-state index is 9.98. The third kappa shape index (κ3) is 1.95. The van der Waals surface area contributed by atoms with Crippen LogP contribution in [-0.2, 0) is 16.1 Å². The second-order valence-corrected chi connectivity index (χ2v) is 3.60. The molecule has 75 valence electrons. The highest BCUT2D eigenvalue weighted by Gasteiger charge is 2.06. The average Bonchev–Trinajstić information content (AvgIpc) is 2.18. The van der Waals surface area contributed by atoms with Crippen molar-refractivity contribution < 1.29 is 9.53 Å². The van der Waals surface area contributed by atoms with E-state index in [1.165, 1.54) is 28.7 Å². The summed E-state index contributed by atoms with van der Waals surface area (Å²) in [6, 6.07) is 2.06. The molecule has 0 atom stereocenters. The largest absolute Gasteiger partial charge is 0.452 e. The smallest absolute Gasteiger partial charge is 0.417 e. The number of hydrogen-bond acceptors (Lipinski definition) is 2. The van der Waals surface area contributed by atoms with Gasteiger partial charge in [0.2, 0.25) is 0 Å². The number of aryl methyl sites for hydroxylation is 1. The molecule has 0 N–H and O–H groups in total. The lowest BCUT2D eigenvalue weighted by molar-refractivity contribution is 0.266. The fourth-order valence-corrected chi connectivity index (χ4v) is 1.55. The molecule has 0 saturated carbocycles. The molecule has 0 amide bonds. The second-order valence-electron chi connectivity index (χ2n) is 3.60. The summed E-state index contributed by atoms with van der Waals surface area (Å²) in [6.07, 6.45) is 0. The van der Waals surface area contributed by atoms with Gasteiger partial charge in [0.25, 0.3) is 0 Å². The summed E-state index contributed by atoms with van der Waals surface area (Å²) in [7, 11) is 0. The van der Waals surface area contributed by atoms with Crippen LogP contribution in [0.5, 0.6) is 0 Å². The van der Waals surface area contributed by atoms with Gasteiger partial charge in [0, 0.05) is 0 Å². The van der Waals surface area contributed by atoms with Gasteiger partial charge in [-0.25, -0.2) is 4.79 Å². The van der Waals surface area contributed by atoms with Crippen molar-refractivity contribution in [1.29, 1.82) is 0 Å². The molecule has 0 spiro atoms. The van der Waals surface area contributed by atoms with E-state index in [1.807, 2.05) is 6.92 Å². The molecule has 1 radical (unpaired) electrons. The first kappa shape index (κ1) is 10.8. The normalized spacial score (nSPS) is 10.0. The molecule has 0 unspecified atom stereocenters. The van der Waals surface area contributed by atoms with Crippen LogP contribution in [0.15, 0.2) is 6.07 Å². The predicted molar refractivity (Wildman–Crippen MR) is 55.9 cm³/mol. The van der Waals surface area contributed by atoms with Gasteiger partial charge in [0.05, 0.1) is 0 Å². The first-order valence-electron chi connectivity index (χ1n) is 4.63. The van der Waals surface area contributed by atoms with Crippen molar-refractivity contribution in [3.63, 3.8) is 0 Å². The van der Waals surface area contributed by atoms with E-state index >= 15 is 0 Å². The van der Waals surface area contributed by atoms with E-state index in [9.17, 15) is 4.79 Å². The van der Waals surface area contributed by atoms with Crippen molar-refractivity contribution >= 4 is 6.47 Å². The van der Waals surface area contributed by atoms with Crippen LogP contribution >= 0.6 is 0 Å². The van der Waals surface area contributed by atoms with E-state index < -0.39 is 0 Å². The zero-order valence-corrected chi connectivity index (χ0v) is 9.10. The lowest BCUT2D eigenvalue weighted by atomic mass is 9.95. The molecule has 0 aliphatic heterocycles. The predicted octanol–water partition coefficient (Wildman–Crippen LogP) is 2.50. The lowest BCUT2D eigenvalue weighted by Gasteiger charge is -2.13. The van der Waals surface area contributed by atoms with Gasteiger partial charge in [-0.05, 0) is 55.5 Å². The number of carbonyl (C=O) groups excluding carboxylic acids is 1. The Labute approximate surface area is 84.9 Å². The van der Waals surface area contributed by atoms with E-state index in [-0.39, 0.29) is 0 Å². The number of rotatable bonds is 3. The molecule has 0 saturated heterocycles. The van der Waals surface area contributed by atoms with Gasteiger partial charge in [-0.3, -0.25) is 0 Å². The fourth-order valence-electron chi connectivity index (χ4n) is 1.55. The van der Waals surface area contributed by atoms with Gasteiger partial charge >= 0.3 is 6.47 Å². The maximum atomic E-state index is 9.98. The van der Waals surface area contributed by atoms with Crippen LogP contribution in [0.25, 0.3) is 0 Å². The Morgan fingerprint density at radius 2 is 1.79 bits per heavy atom. The van der Waals surface area contributed by atoms with Crippen molar-refractivity contribution in [3.05, 3.63) is 33.9 Å². The summed E-state index contributed by atoms with van der Waals surface area (Å²) < 4.78 is 4.64. The minimum absolute atomic E-state index is 0.317. The molecule has 14 heavy (non-hydrogen) atoms. The molecule has 0 aromatic heterocycles. The first-order chi connectivity index (χ1) is 6.57. The van der Waals surface area contributed by atoms with Crippen LogP contribution in [0, 0.1) is 27.7 Å². The SMILES string of the molecule is Cc1cc(CO[C]=O)c(C)c(C)c1C. The van der Waals surface area contributed by atoms with Gasteiger partial charge in [-0.15, -0.1) is 0 Å². The second kappa shape index (κ2) is 4.27. The minimum atomic E-state index is 0.317. The molecular formula is C12H15O2. The van der Waals surface area contributed by atoms with Crippen LogP contribution < -0.4 is 0 Å². The Hall–Kier alpha value is -1.31. The molecule has 1 aromatic carbocycles. The van der Waals surface area contributed by atoms with Crippen LogP contribution in [-0.4, -0.2) is 6.47 Å². The molecule has 0 aliphatic rings. The van der Waals surface area contributed by atoms with E-state index in [0.29, 0.717) is 6.61 Å². The summed E-state index contributed by atoms with van der Waals surface area (Å²) in [5.41, 5.74) is 6.07. The Kier molecular flexibility index (Phi) is 3.28. The number of hydrogen-bond donors (Lipinski definition) is 0. The zero-order chi connectivity index (χ0) is 10.7. The fraction of sp³-hybridized carbons (Fsp3) is 0.417. The molecule has 0 fully saturated rings. The van der Waals surface area contributed by atoms with Crippen molar-refractivity contribution in [3.8, 4) is 0 Å². The summed E-state index contributed by atoms with van der Waals surface area (Å²) in [4.78, 5) is 9.98. The summed E-state index contributed by atoms with van der Waals surface area (Å²) in [5, 5.41) is 0. The van der Waals surface area contributed by atoms with Gasteiger partial charge in [-0.2, -0.15) is 0 Å². The van der Waals surface area contributed by atoms with Crippen LogP contribution in [0.3, 0.4) is 0 Å². The summed E-state index contributed by atoms with van der Waals surface area (Å²) in [6.45, 7) is 10.1. The van der Waals surface area contributed by atoms with Crippen molar-refractivity contribution in [2.45, 2.75) is 34.3 Å². The first-order valence-corrected chi connectivity index (χ1v) is 4.63. The molecule has 0 heterocycles. The zero-order valence-electron chi connectivity index (χ0n) is 9.10. The van der Waals surface area contributed by atoms with Crippen molar-refractivity contribution in [2.75, 3.05) is 0 Å². The third-order valence-corrected chi connectivity index (χ3v) is 2.88. The van der Waals surface area contributed by atoms with Gasteiger partial charge in [0.1, 0.15) is 6.61 Å². The van der Waals surface area contributed by atoms with Crippen molar-refractivity contribution in [1.82, 2.24) is 0 Å². The standard InChI is InChI=1S/C12H15O2/c1-8-5-12(6-14-7-13)11(4)10(3)9(8)2/h5H,6H2,1-4H3. The number of benzene rings is 1. The maximum Gasteiger partial charge on any atom is 0.417 e. The quantitative estimate of drug-likeness (QED) is 0.733. The molecule has 0 bridgehead atoms. The molecule has 1 aromatic rings. The average molecular weight is 191 g/mol. The van der Waals surface area contributed by atoms with Gasteiger partial charge in [0.15, 0.2) is 0 Å². The minimum Gasteiger partial charge on any atom is -0.452 e. The third-order valence-electron chi connectivity index (χ3n) is 2.88. The Morgan fingerprint density at radius 1 is 1.14 bits per heavy atom. The molecular weight excluding hydrogens is 176 g/mol. The van der Waals surface area contributed by atoms with Crippen LogP contribution in [0.1, 0.15) is 27.8 Å². The van der Waals surface area contributed by atoms with E-state index in [1.54, 1.807) is 0 Å². The van der Waals surface area contributed by atoms with Gasteiger partial charge < -0.3 is 4.74 Å². The van der Waals surface area contributed by atoms with Crippen LogP contribution in [0.2, 0.25) is 0 Å². The summed E-state index contributed by atoms with van der Waals surface area (Å²) in [5.74, 6) is 0. The lowest BCUT2D eigenvalue weighted by Crippen LogP contribution is -1.99. The summed E-state index contributed by atoms with van der Waals surface area (Å²) >= 11 is 0. The van der Waals surface area contributed by atoms with E-state index in [2.05, 4.69) is 31.6 Å². The highest BCUT2D eigenvalue weighted by Crippen LogP contribution is 2.21. The van der Waals surface area contributed by atoms with Gasteiger partial charge in [-0.1, -0.05) is 6.07 Å². The Bertz CT molecular complexity index is 354. The topological polar surface area (TPSA) is 26.3 Å². The molecule has 2 nitrogen and oxygen atoms in total. The Balaban J connectivity index is 3.12. The van der Waals surface area contributed by atoms with E-state index in [4.69, 9.17) is 0 Å². The Morgan fingerprint density at radius 3 is 2.36 bits per heavy atom. The molecule has 0 aliphatic carbocycles. The highest BCUT2D eigenvalue weighted by atomic mass is 16.5. The van der Waals surface area contributed by atoms with Crippen LogP contribution in [0.4, 0.5) is 0 Å². The van der Waals surface area contributed by atoms with E-state index in [0.717, 1.165) is 5.56 Å². The highest BCUT2D eigenvalue weighted by molar-refractivity contribution is 5.44.